The molecule has 1 heterocycles. The molecule has 0 amide bonds. The number of ether oxygens (including phenoxy) is 1. The van der Waals surface area contributed by atoms with Gasteiger partial charge in [-0.05, 0) is 39.0 Å². The predicted octanol–water partition coefficient (Wildman–Crippen LogP) is 1.66. The van der Waals surface area contributed by atoms with Crippen molar-refractivity contribution in [3.8, 4) is 0 Å². The van der Waals surface area contributed by atoms with Gasteiger partial charge < -0.3 is 10.5 Å². The van der Waals surface area contributed by atoms with E-state index in [0.717, 1.165) is 42.4 Å². The molecule has 1 aromatic heterocycles. The van der Waals surface area contributed by atoms with E-state index in [1.807, 2.05) is 13.8 Å². The minimum Gasteiger partial charge on any atom is -0.465 e. The summed E-state index contributed by atoms with van der Waals surface area (Å²) in [5, 5.41) is 7.65. The maximum absolute atomic E-state index is 12.0. The second-order valence-electron chi connectivity index (χ2n) is 5.19. The molecule has 0 spiro atoms. The van der Waals surface area contributed by atoms with Gasteiger partial charge in [0.15, 0.2) is 0 Å². The van der Waals surface area contributed by atoms with E-state index in [2.05, 4.69) is 15.2 Å². The number of esters is 1. The Morgan fingerprint density at radius 1 is 1.65 bits per heavy atom. The second-order valence-corrected chi connectivity index (χ2v) is 6.25. The Balaban J connectivity index is 1.86. The molecule has 1 saturated carbocycles. The zero-order valence-corrected chi connectivity index (χ0v) is 12.8. The SMILES string of the molecule is CCOC(=O)C1(N)CCCC1CCSc1n[nH]c(C)n1. The van der Waals surface area contributed by atoms with Crippen molar-refractivity contribution >= 4 is 17.7 Å². The Hall–Kier alpha value is -1.08. The number of H-pyrrole nitrogens is 1. The standard InChI is InChI=1S/C13H22N4O2S/c1-3-19-11(18)13(14)7-4-5-10(13)6-8-20-12-15-9(2)16-17-12/h10H,3-8,14H2,1-2H3,(H,15,16,17). The highest BCUT2D eigenvalue weighted by Crippen LogP contribution is 2.38. The third-order valence-corrected chi connectivity index (χ3v) is 4.68. The van der Waals surface area contributed by atoms with E-state index in [-0.39, 0.29) is 11.9 Å². The Morgan fingerprint density at radius 2 is 2.45 bits per heavy atom. The van der Waals surface area contributed by atoms with Crippen LogP contribution < -0.4 is 5.73 Å². The zero-order valence-electron chi connectivity index (χ0n) is 12.0. The van der Waals surface area contributed by atoms with Crippen LogP contribution in [0, 0.1) is 12.8 Å². The molecule has 2 atom stereocenters. The molecule has 2 unspecified atom stereocenters. The Bertz CT molecular complexity index is 465. The van der Waals surface area contributed by atoms with Gasteiger partial charge in [0.2, 0.25) is 5.16 Å². The fourth-order valence-corrected chi connectivity index (χ4v) is 3.61. The van der Waals surface area contributed by atoms with Crippen LogP contribution >= 0.6 is 11.8 Å². The highest BCUT2D eigenvalue weighted by atomic mass is 32.2. The van der Waals surface area contributed by atoms with Gasteiger partial charge in [0.25, 0.3) is 0 Å². The van der Waals surface area contributed by atoms with Gasteiger partial charge >= 0.3 is 5.97 Å². The number of nitrogens with two attached hydrogens (primary N) is 1. The Kier molecular flexibility index (Phi) is 5.04. The number of hydrogen-bond donors (Lipinski definition) is 2. The smallest absolute Gasteiger partial charge is 0.326 e. The van der Waals surface area contributed by atoms with Crippen LogP contribution in [-0.4, -0.2) is 39.0 Å². The number of carbonyl (C=O) groups is 1. The number of aromatic nitrogens is 3. The van der Waals surface area contributed by atoms with Crippen molar-refractivity contribution in [2.75, 3.05) is 12.4 Å². The molecule has 0 aromatic carbocycles. The molecule has 1 aliphatic carbocycles. The summed E-state index contributed by atoms with van der Waals surface area (Å²) in [6.07, 6.45) is 3.59. The molecular weight excluding hydrogens is 276 g/mol. The Morgan fingerprint density at radius 3 is 3.10 bits per heavy atom. The van der Waals surface area contributed by atoms with E-state index in [4.69, 9.17) is 10.5 Å². The van der Waals surface area contributed by atoms with Crippen molar-refractivity contribution in [3.63, 3.8) is 0 Å². The van der Waals surface area contributed by atoms with Crippen LogP contribution in [0.15, 0.2) is 5.16 Å². The molecule has 20 heavy (non-hydrogen) atoms. The third-order valence-electron chi connectivity index (χ3n) is 3.80. The summed E-state index contributed by atoms with van der Waals surface area (Å²) in [4.78, 5) is 16.3. The van der Waals surface area contributed by atoms with Crippen LogP contribution in [0.5, 0.6) is 0 Å². The molecule has 0 bridgehead atoms. The summed E-state index contributed by atoms with van der Waals surface area (Å²) in [6, 6.07) is 0. The molecule has 7 heteroatoms. The molecule has 2 rings (SSSR count). The van der Waals surface area contributed by atoms with E-state index in [9.17, 15) is 4.79 Å². The number of carbonyl (C=O) groups excluding carboxylic acids is 1. The fraction of sp³-hybridized carbons (Fsp3) is 0.769. The molecule has 6 nitrogen and oxygen atoms in total. The summed E-state index contributed by atoms with van der Waals surface area (Å²) in [7, 11) is 0. The lowest BCUT2D eigenvalue weighted by molar-refractivity contribution is -0.151. The van der Waals surface area contributed by atoms with Crippen molar-refractivity contribution in [2.45, 2.75) is 50.2 Å². The number of nitrogens with zero attached hydrogens (tertiary/aromatic N) is 2. The van der Waals surface area contributed by atoms with E-state index < -0.39 is 5.54 Å². The van der Waals surface area contributed by atoms with Crippen LogP contribution in [0.25, 0.3) is 0 Å². The molecular formula is C13H22N4O2S. The molecule has 0 radical (unpaired) electrons. The molecule has 0 aliphatic heterocycles. The largest absolute Gasteiger partial charge is 0.465 e. The van der Waals surface area contributed by atoms with Crippen molar-refractivity contribution in [1.82, 2.24) is 15.2 Å². The predicted molar refractivity (Wildman–Crippen MR) is 77.4 cm³/mol. The van der Waals surface area contributed by atoms with Gasteiger partial charge in [0, 0.05) is 5.75 Å². The van der Waals surface area contributed by atoms with Gasteiger partial charge in [0.05, 0.1) is 6.61 Å². The van der Waals surface area contributed by atoms with Crippen LogP contribution in [0.3, 0.4) is 0 Å². The quantitative estimate of drug-likeness (QED) is 0.612. The van der Waals surface area contributed by atoms with Crippen LogP contribution in [-0.2, 0) is 9.53 Å². The summed E-state index contributed by atoms with van der Waals surface area (Å²) >= 11 is 1.59. The van der Waals surface area contributed by atoms with Crippen LogP contribution in [0.2, 0.25) is 0 Å². The van der Waals surface area contributed by atoms with E-state index >= 15 is 0 Å². The molecule has 1 aliphatic rings. The van der Waals surface area contributed by atoms with Crippen molar-refractivity contribution < 1.29 is 9.53 Å². The van der Waals surface area contributed by atoms with Gasteiger partial charge in [-0.15, -0.1) is 5.10 Å². The molecule has 1 fully saturated rings. The number of hydrogen-bond acceptors (Lipinski definition) is 6. The zero-order chi connectivity index (χ0) is 14.6. The van der Waals surface area contributed by atoms with E-state index in [1.165, 1.54) is 0 Å². The Labute approximate surface area is 123 Å². The van der Waals surface area contributed by atoms with Crippen LogP contribution in [0.4, 0.5) is 0 Å². The van der Waals surface area contributed by atoms with Gasteiger partial charge in [-0.1, -0.05) is 18.2 Å². The van der Waals surface area contributed by atoms with Crippen molar-refractivity contribution in [3.05, 3.63) is 5.82 Å². The van der Waals surface area contributed by atoms with Gasteiger partial charge in [-0.3, -0.25) is 9.89 Å². The van der Waals surface area contributed by atoms with Gasteiger partial charge in [-0.2, -0.15) is 0 Å². The summed E-state index contributed by atoms with van der Waals surface area (Å²) in [5.74, 6) is 1.61. The van der Waals surface area contributed by atoms with Crippen molar-refractivity contribution in [2.24, 2.45) is 11.7 Å². The first-order chi connectivity index (χ1) is 9.56. The normalized spacial score (nSPS) is 25.9. The maximum atomic E-state index is 12.0. The average Bonchev–Trinajstić information content (AvgIpc) is 2.98. The fourth-order valence-electron chi connectivity index (χ4n) is 2.72. The average molecular weight is 298 g/mol. The van der Waals surface area contributed by atoms with E-state index in [1.54, 1.807) is 11.8 Å². The highest BCUT2D eigenvalue weighted by molar-refractivity contribution is 7.99. The lowest BCUT2D eigenvalue weighted by Crippen LogP contribution is -2.52. The first-order valence-corrected chi connectivity index (χ1v) is 8.02. The number of aromatic amines is 1. The van der Waals surface area contributed by atoms with Crippen molar-refractivity contribution in [1.29, 1.82) is 0 Å². The van der Waals surface area contributed by atoms with Crippen LogP contribution in [0.1, 0.15) is 38.4 Å². The molecule has 0 saturated heterocycles. The minimum atomic E-state index is -0.800. The van der Waals surface area contributed by atoms with E-state index in [0.29, 0.717) is 6.61 Å². The second kappa shape index (κ2) is 6.58. The van der Waals surface area contributed by atoms with Gasteiger partial charge in [-0.25, -0.2) is 4.98 Å². The molecule has 112 valence electrons. The highest BCUT2D eigenvalue weighted by Gasteiger charge is 2.46. The summed E-state index contributed by atoms with van der Waals surface area (Å²) in [6.45, 7) is 4.07. The third kappa shape index (κ3) is 3.32. The lowest BCUT2D eigenvalue weighted by atomic mass is 9.86. The topological polar surface area (TPSA) is 93.9 Å². The van der Waals surface area contributed by atoms with Gasteiger partial charge in [0.1, 0.15) is 11.4 Å². The summed E-state index contributed by atoms with van der Waals surface area (Å²) < 4.78 is 5.13. The number of rotatable bonds is 6. The molecule has 1 aromatic rings. The monoisotopic (exact) mass is 298 g/mol. The summed E-state index contributed by atoms with van der Waals surface area (Å²) in [5.41, 5.74) is 5.50. The molecule has 3 N–H and O–H groups in total. The number of thioether (sulfide) groups is 1. The lowest BCUT2D eigenvalue weighted by Gasteiger charge is -2.28. The minimum absolute atomic E-state index is 0.189. The number of nitrogens with one attached hydrogen (secondary N) is 1. The maximum Gasteiger partial charge on any atom is 0.326 e. The first-order valence-electron chi connectivity index (χ1n) is 7.04. The number of aryl methyl sites for hydroxylation is 1. The first kappa shape index (κ1) is 15.3.